The van der Waals surface area contributed by atoms with Gasteiger partial charge in [-0.1, -0.05) is 12.1 Å². The molecule has 3 unspecified atom stereocenters. The fourth-order valence-corrected chi connectivity index (χ4v) is 5.53. The zero-order valence-electron chi connectivity index (χ0n) is 15.5. The molecule has 146 valence electrons. The lowest BCUT2D eigenvalue weighted by Crippen LogP contribution is -2.47. The van der Waals surface area contributed by atoms with Gasteiger partial charge in [0.2, 0.25) is 12.2 Å². The third kappa shape index (κ3) is 2.23. The number of hydrogen-bond donors (Lipinski definition) is 1. The minimum absolute atomic E-state index is 0.0265. The number of rotatable bonds is 5. The third-order valence-electron chi connectivity index (χ3n) is 6.88. The Hall–Kier alpha value is -2.90. The fourth-order valence-electron chi connectivity index (χ4n) is 5.53. The molecule has 2 aliphatic heterocycles. The summed E-state index contributed by atoms with van der Waals surface area (Å²) in [6.45, 7) is 2.71. The molecular weight excluding hydrogens is 362 g/mol. The Kier molecular flexibility index (Phi) is 3.56. The number of fused-ring (bicyclic) bond motifs is 1. The van der Waals surface area contributed by atoms with Gasteiger partial charge in [0.15, 0.2) is 0 Å². The average molecular weight is 383 g/mol. The van der Waals surface area contributed by atoms with Crippen LogP contribution in [-0.2, 0) is 24.5 Å². The van der Waals surface area contributed by atoms with Gasteiger partial charge in [-0.3, -0.25) is 19.3 Å². The van der Waals surface area contributed by atoms with Gasteiger partial charge in [-0.2, -0.15) is 0 Å². The number of hydrogen-bond acceptors (Lipinski definition) is 5. The van der Waals surface area contributed by atoms with Crippen LogP contribution in [0.25, 0.3) is 0 Å². The Bertz CT molecular complexity index is 884. The largest absolute Gasteiger partial charge is 0.442 e. The number of cyclic esters (lactones) is 1. The maximum atomic E-state index is 12.2. The molecule has 4 aliphatic rings. The number of nitrogens with one attached hydrogen (secondary N) is 1. The molecule has 5 atom stereocenters. The summed E-state index contributed by atoms with van der Waals surface area (Å²) in [5, 5.41) is 2.66. The Morgan fingerprint density at radius 3 is 2.75 bits per heavy atom. The summed E-state index contributed by atoms with van der Waals surface area (Å²) in [7, 11) is 0. The number of carbonyl (C=O) groups is 4. The summed E-state index contributed by atoms with van der Waals surface area (Å²) >= 11 is 0. The van der Waals surface area contributed by atoms with E-state index in [2.05, 4.69) is 5.32 Å². The van der Waals surface area contributed by atoms with E-state index in [1.54, 1.807) is 9.80 Å². The Morgan fingerprint density at radius 1 is 1.32 bits per heavy atom. The predicted molar refractivity (Wildman–Crippen MR) is 97.6 cm³/mol. The molecule has 28 heavy (non-hydrogen) atoms. The van der Waals surface area contributed by atoms with E-state index in [0.717, 1.165) is 17.7 Å². The lowest BCUT2D eigenvalue weighted by molar-refractivity contribution is -0.141. The molecule has 1 N–H and O–H groups in total. The summed E-state index contributed by atoms with van der Waals surface area (Å²) in [6, 6.07) is 8.05. The highest BCUT2D eigenvalue weighted by molar-refractivity contribution is 6.23. The monoisotopic (exact) mass is 383 g/mol. The summed E-state index contributed by atoms with van der Waals surface area (Å²) in [5.74, 6) is 0.477. The molecule has 2 heterocycles. The van der Waals surface area contributed by atoms with Gasteiger partial charge >= 0.3 is 6.09 Å². The average Bonchev–Trinajstić information content (AvgIpc) is 2.92. The molecule has 0 radical (unpaired) electrons. The van der Waals surface area contributed by atoms with E-state index in [9.17, 15) is 19.2 Å². The van der Waals surface area contributed by atoms with E-state index in [1.807, 2.05) is 24.3 Å². The molecule has 8 nitrogen and oxygen atoms in total. The van der Waals surface area contributed by atoms with E-state index in [1.165, 1.54) is 6.92 Å². The lowest BCUT2D eigenvalue weighted by Gasteiger charge is -2.36. The Labute approximate surface area is 161 Å². The maximum Gasteiger partial charge on any atom is 0.414 e. The SMILES string of the molecule is CC(=O)NC[C@H]1CN(c2ccc(C34CN(C(=O)C=O)C5C[C@@H]3C54)cc2)C(=O)O1. The first-order chi connectivity index (χ1) is 13.5. The van der Waals surface area contributed by atoms with Crippen molar-refractivity contribution in [2.75, 3.05) is 24.5 Å². The van der Waals surface area contributed by atoms with E-state index in [0.29, 0.717) is 37.8 Å². The molecule has 2 saturated carbocycles. The first kappa shape index (κ1) is 17.2. The number of nitrogens with zero attached hydrogens (tertiary/aromatic N) is 2. The molecule has 1 aromatic carbocycles. The second kappa shape index (κ2) is 5.80. The number of carbonyl (C=O) groups excluding carboxylic acids is 4. The van der Waals surface area contributed by atoms with Crippen LogP contribution < -0.4 is 10.2 Å². The van der Waals surface area contributed by atoms with E-state index < -0.39 is 12.0 Å². The zero-order valence-corrected chi connectivity index (χ0v) is 15.5. The van der Waals surface area contributed by atoms with Crippen LogP contribution in [0.4, 0.5) is 10.5 Å². The van der Waals surface area contributed by atoms with Crippen molar-refractivity contribution in [3.8, 4) is 0 Å². The van der Waals surface area contributed by atoms with Crippen molar-refractivity contribution in [3.63, 3.8) is 0 Å². The zero-order chi connectivity index (χ0) is 19.6. The van der Waals surface area contributed by atoms with Gasteiger partial charge < -0.3 is 15.0 Å². The van der Waals surface area contributed by atoms with Crippen LogP contribution in [0.3, 0.4) is 0 Å². The van der Waals surface area contributed by atoms with Crippen molar-refractivity contribution in [2.24, 2.45) is 11.8 Å². The number of benzene rings is 1. The van der Waals surface area contributed by atoms with Crippen LogP contribution in [0.1, 0.15) is 18.9 Å². The summed E-state index contributed by atoms with van der Waals surface area (Å²) in [4.78, 5) is 49.2. The number of piperidine rings is 2. The Morgan fingerprint density at radius 2 is 2.07 bits per heavy atom. The topological polar surface area (TPSA) is 96.0 Å². The normalized spacial score (nSPS) is 34.4. The van der Waals surface area contributed by atoms with Crippen LogP contribution in [-0.4, -0.2) is 60.9 Å². The predicted octanol–water partition coefficient (Wildman–Crippen LogP) is 0.445. The van der Waals surface area contributed by atoms with Crippen molar-refractivity contribution in [3.05, 3.63) is 29.8 Å². The molecule has 0 spiro atoms. The summed E-state index contributed by atoms with van der Waals surface area (Å²) < 4.78 is 5.31. The van der Waals surface area contributed by atoms with Gasteiger partial charge in [0.1, 0.15) is 6.10 Å². The number of ether oxygens (including phenoxy) is 1. The standard InChI is InChI=1S/C20H21N3O5/c1-11(25)21-7-14-8-22(19(27)28-14)13-4-2-12(3-5-13)20-10-23(17(26)9-24)16-6-15(20)18(16)20/h2-5,9,14-16,18H,6-8,10H2,1H3,(H,21,25)/t14-,15+,16?,18?,20?/m0/s1. The molecule has 1 aromatic rings. The number of likely N-dealkylation sites (tertiary alicyclic amines) is 1. The second-order valence-electron chi connectivity index (χ2n) is 8.16. The first-order valence-corrected chi connectivity index (χ1v) is 9.54. The van der Waals surface area contributed by atoms with E-state index >= 15 is 0 Å². The van der Waals surface area contributed by atoms with Crippen molar-refractivity contribution >= 4 is 29.9 Å². The summed E-state index contributed by atoms with van der Waals surface area (Å²) in [5.41, 5.74) is 1.89. The van der Waals surface area contributed by atoms with Crippen LogP contribution in [0, 0.1) is 11.8 Å². The molecule has 2 saturated heterocycles. The van der Waals surface area contributed by atoms with E-state index in [4.69, 9.17) is 4.74 Å². The van der Waals surface area contributed by atoms with Crippen molar-refractivity contribution in [1.29, 1.82) is 0 Å². The maximum absolute atomic E-state index is 12.2. The first-order valence-electron chi connectivity index (χ1n) is 9.54. The quantitative estimate of drug-likeness (QED) is 0.588. The molecule has 0 aromatic heterocycles. The molecule has 2 aliphatic carbocycles. The van der Waals surface area contributed by atoms with Crippen LogP contribution in [0.2, 0.25) is 0 Å². The molecule has 5 rings (SSSR count). The van der Waals surface area contributed by atoms with Gasteiger partial charge in [0.25, 0.3) is 5.91 Å². The summed E-state index contributed by atoms with van der Waals surface area (Å²) in [6.07, 6.45) is 0.587. The molecule has 4 fully saturated rings. The van der Waals surface area contributed by atoms with Crippen LogP contribution in [0.5, 0.6) is 0 Å². The van der Waals surface area contributed by atoms with Gasteiger partial charge in [-0.25, -0.2) is 4.79 Å². The van der Waals surface area contributed by atoms with Gasteiger partial charge in [-0.05, 0) is 36.0 Å². The van der Waals surface area contributed by atoms with Gasteiger partial charge in [-0.15, -0.1) is 0 Å². The van der Waals surface area contributed by atoms with Crippen molar-refractivity contribution in [1.82, 2.24) is 10.2 Å². The lowest BCUT2D eigenvalue weighted by atomic mass is 9.89. The van der Waals surface area contributed by atoms with Crippen molar-refractivity contribution < 1.29 is 23.9 Å². The minimum Gasteiger partial charge on any atom is -0.442 e. The highest BCUT2D eigenvalue weighted by Gasteiger charge is 2.80. The number of anilines is 1. The van der Waals surface area contributed by atoms with Crippen LogP contribution >= 0.6 is 0 Å². The van der Waals surface area contributed by atoms with Crippen LogP contribution in [0.15, 0.2) is 24.3 Å². The fraction of sp³-hybridized carbons (Fsp3) is 0.500. The number of aldehydes is 1. The molecule has 8 heteroatoms. The Balaban J connectivity index is 1.30. The highest BCUT2D eigenvalue weighted by Crippen LogP contribution is 2.76. The van der Waals surface area contributed by atoms with E-state index in [-0.39, 0.29) is 23.5 Å². The highest BCUT2D eigenvalue weighted by atomic mass is 16.6. The number of amides is 3. The minimum atomic E-state index is -0.420. The van der Waals surface area contributed by atoms with Crippen molar-refractivity contribution in [2.45, 2.75) is 30.9 Å². The van der Waals surface area contributed by atoms with Gasteiger partial charge in [0.05, 0.1) is 13.1 Å². The smallest absolute Gasteiger partial charge is 0.414 e. The third-order valence-corrected chi connectivity index (χ3v) is 6.88. The molecule has 3 amide bonds. The second-order valence-corrected chi connectivity index (χ2v) is 8.16. The molecular formula is C20H21N3O5. The molecule has 0 bridgehead atoms. The van der Waals surface area contributed by atoms with Gasteiger partial charge in [0, 0.05) is 30.6 Å².